The van der Waals surface area contributed by atoms with Crippen LogP contribution in [0.3, 0.4) is 0 Å². The zero-order valence-corrected chi connectivity index (χ0v) is 12.2. The van der Waals surface area contributed by atoms with Crippen LogP contribution >= 0.6 is 0 Å². The lowest BCUT2D eigenvalue weighted by molar-refractivity contribution is 0.568. The van der Waals surface area contributed by atoms with Crippen LogP contribution in [-0.4, -0.2) is 24.1 Å². The molecular weight excluding hydrogens is 234 g/mol. The van der Waals surface area contributed by atoms with E-state index in [1.807, 2.05) is 0 Å². The largest absolute Gasteiger partial charge is 0.356 e. The van der Waals surface area contributed by atoms with E-state index in [1.54, 1.807) is 0 Å². The summed E-state index contributed by atoms with van der Waals surface area (Å²) >= 11 is 0. The molecule has 19 heavy (non-hydrogen) atoms. The highest BCUT2D eigenvalue weighted by molar-refractivity contribution is 5.48. The summed E-state index contributed by atoms with van der Waals surface area (Å²) in [5.41, 5.74) is 2.64. The minimum atomic E-state index is 0.767. The number of rotatable bonds is 5. The van der Waals surface area contributed by atoms with Crippen molar-refractivity contribution in [2.45, 2.75) is 52.1 Å². The number of nitrogens with one attached hydrogen (secondary N) is 1. The topological polar surface area (TPSA) is 28.2 Å². The van der Waals surface area contributed by atoms with Crippen LogP contribution in [0.4, 0.5) is 5.82 Å². The lowest BCUT2D eigenvalue weighted by atomic mass is 10.1. The molecule has 3 nitrogen and oxygen atoms in total. The molecule has 0 spiro atoms. The van der Waals surface area contributed by atoms with Crippen molar-refractivity contribution in [2.75, 3.05) is 18.0 Å². The number of hydrogen-bond acceptors (Lipinski definition) is 3. The first-order valence-corrected chi connectivity index (χ1v) is 7.70. The Hall–Kier alpha value is -1.09. The fraction of sp³-hybridized carbons (Fsp3) is 0.688. The molecule has 1 N–H and O–H groups in total. The molecule has 1 aromatic heterocycles. The van der Waals surface area contributed by atoms with Gasteiger partial charge in [-0.1, -0.05) is 13.3 Å². The van der Waals surface area contributed by atoms with Gasteiger partial charge in [0.15, 0.2) is 0 Å². The molecule has 0 amide bonds. The minimum absolute atomic E-state index is 0.767. The highest BCUT2D eigenvalue weighted by Gasteiger charge is 2.23. The second-order valence-electron chi connectivity index (χ2n) is 6.15. The van der Waals surface area contributed by atoms with Gasteiger partial charge in [0.2, 0.25) is 0 Å². The van der Waals surface area contributed by atoms with Crippen molar-refractivity contribution in [3.05, 3.63) is 23.4 Å². The van der Waals surface area contributed by atoms with Crippen molar-refractivity contribution >= 4 is 5.82 Å². The maximum Gasteiger partial charge on any atom is 0.131 e. The molecule has 0 bridgehead atoms. The van der Waals surface area contributed by atoms with Gasteiger partial charge in [-0.25, -0.2) is 4.98 Å². The maximum absolute atomic E-state index is 4.71. The Bertz CT molecular complexity index is 440. The fourth-order valence-corrected chi connectivity index (χ4v) is 2.96. The molecule has 1 aliphatic heterocycles. The molecule has 1 saturated carbocycles. The molecule has 1 aliphatic carbocycles. The second kappa shape index (κ2) is 5.49. The normalized spacial score (nSPS) is 23.1. The number of hydrogen-bond donors (Lipinski definition) is 1. The first-order valence-electron chi connectivity index (χ1n) is 7.70. The Morgan fingerprint density at radius 2 is 2.21 bits per heavy atom. The molecule has 2 fully saturated rings. The summed E-state index contributed by atoms with van der Waals surface area (Å²) in [6.45, 7) is 7.82. The molecule has 1 atom stereocenters. The molecule has 1 unspecified atom stereocenters. The standard InChI is InChI=1S/C16H25N3/c1-3-13-6-7-19(11-13)16-12(2)8-14(10-18-16)9-17-15-4-5-15/h8,10,13,15,17H,3-7,9,11H2,1-2H3. The van der Waals surface area contributed by atoms with Crippen LogP contribution in [0.25, 0.3) is 0 Å². The van der Waals surface area contributed by atoms with Crippen molar-refractivity contribution in [1.82, 2.24) is 10.3 Å². The molecular formula is C16H25N3. The van der Waals surface area contributed by atoms with E-state index in [9.17, 15) is 0 Å². The number of nitrogens with zero attached hydrogens (tertiary/aromatic N) is 2. The van der Waals surface area contributed by atoms with Crippen LogP contribution in [0.2, 0.25) is 0 Å². The zero-order valence-electron chi connectivity index (χ0n) is 12.2. The number of anilines is 1. The van der Waals surface area contributed by atoms with E-state index in [-0.39, 0.29) is 0 Å². The molecule has 1 aromatic rings. The first-order chi connectivity index (χ1) is 9.26. The highest BCUT2D eigenvalue weighted by atomic mass is 15.2. The summed E-state index contributed by atoms with van der Waals surface area (Å²) in [5.74, 6) is 2.06. The smallest absolute Gasteiger partial charge is 0.131 e. The molecule has 3 heteroatoms. The van der Waals surface area contributed by atoms with E-state index in [1.165, 1.54) is 55.7 Å². The lowest BCUT2D eigenvalue weighted by Crippen LogP contribution is -2.22. The van der Waals surface area contributed by atoms with Crippen LogP contribution in [-0.2, 0) is 6.54 Å². The Balaban J connectivity index is 1.65. The van der Waals surface area contributed by atoms with Gasteiger partial charge in [-0.2, -0.15) is 0 Å². The maximum atomic E-state index is 4.71. The van der Waals surface area contributed by atoms with Crippen LogP contribution in [0.5, 0.6) is 0 Å². The predicted molar refractivity (Wildman–Crippen MR) is 79.4 cm³/mol. The quantitative estimate of drug-likeness (QED) is 0.881. The van der Waals surface area contributed by atoms with Crippen LogP contribution in [0, 0.1) is 12.8 Å². The van der Waals surface area contributed by atoms with E-state index >= 15 is 0 Å². The number of aryl methyl sites for hydroxylation is 1. The van der Waals surface area contributed by atoms with Gasteiger partial charge in [0.25, 0.3) is 0 Å². The molecule has 0 radical (unpaired) electrons. The van der Waals surface area contributed by atoms with E-state index in [2.05, 4.69) is 36.3 Å². The average Bonchev–Trinajstić information content (AvgIpc) is 3.13. The van der Waals surface area contributed by atoms with Crippen LogP contribution < -0.4 is 10.2 Å². The van der Waals surface area contributed by atoms with Crippen molar-refractivity contribution in [3.63, 3.8) is 0 Å². The highest BCUT2D eigenvalue weighted by Crippen LogP contribution is 2.27. The van der Waals surface area contributed by atoms with Gasteiger partial charge in [-0.05, 0) is 49.3 Å². The minimum Gasteiger partial charge on any atom is -0.356 e. The predicted octanol–water partition coefficient (Wildman–Crippen LogP) is 2.88. The third-order valence-corrected chi connectivity index (χ3v) is 4.44. The first kappa shape index (κ1) is 12.9. The van der Waals surface area contributed by atoms with Crippen LogP contribution in [0.1, 0.15) is 43.7 Å². The summed E-state index contributed by atoms with van der Waals surface area (Å²) in [7, 11) is 0. The van der Waals surface area contributed by atoms with Gasteiger partial charge in [-0.15, -0.1) is 0 Å². The summed E-state index contributed by atoms with van der Waals surface area (Å²) in [6, 6.07) is 3.07. The van der Waals surface area contributed by atoms with Crippen molar-refractivity contribution in [2.24, 2.45) is 5.92 Å². The molecule has 0 aromatic carbocycles. The van der Waals surface area contributed by atoms with E-state index in [0.29, 0.717) is 0 Å². The lowest BCUT2D eigenvalue weighted by Gasteiger charge is -2.20. The van der Waals surface area contributed by atoms with Crippen LogP contribution in [0.15, 0.2) is 12.3 Å². The number of pyridine rings is 1. The number of aromatic nitrogens is 1. The van der Waals surface area contributed by atoms with Gasteiger partial charge in [0, 0.05) is 31.9 Å². The van der Waals surface area contributed by atoms with Gasteiger partial charge >= 0.3 is 0 Å². The molecule has 104 valence electrons. The molecule has 1 saturated heterocycles. The Morgan fingerprint density at radius 1 is 1.37 bits per heavy atom. The van der Waals surface area contributed by atoms with Crippen molar-refractivity contribution in [1.29, 1.82) is 0 Å². The molecule has 2 heterocycles. The Labute approximate surface area is 116 Å². The summed E-state index contributed by atoms with van der Waals surface area (Å²) < 4.78 is 0. The molecule has 3 rings (SSSR count). The SMILES string of the molecule is CCC1CCN(c2ncc(CNC3CC3)cc2C)C1. The molecule has 2 aliphatic rings. The Kier molecular flexibility index (Phi) is 3.74. The summed E-state index contributed by atoms with van der Waals surface area (Å²) in [4.78, 5) is 7.17. The zero-order chi connectivity index (χ0) is 13.2. The van der Waals surface area contributed by atoms with E-state index in [4.69, 9.17) is 4.98 Å². The van der Waals surface area contributed by atoms with Crippen molar-refractivity contribution < 1.29 is 0 Å². The van der Waals surface area contributed by atoms with Gasteiger partial charge in [0.1, 0.15) is 5.82 Å². The van der Waals surface area contributed by atoms with E-state index < -0.39 is 0 Å². The second-order valence-corrected chi connectivity index (χ2v) is 6.15. The monoisotopic (exact) mass is 259 g/mol. The van der Waals surface area contributed by atoms with Crippen molar-refractivity contribution in [3.8, 4) is 0 Å². The Morgan fingerprint density at radius 3 is 2.84 bits per heavy atom. The fourth-order valence-electron chi connectivity index (χ4n) is 2.96. The summed E-state index contributed by atoms with van der Waals surface area (Å²) in [6.07, 6.45) is 7.35. The van der Waals surface area contributed by atoms with Gasteiger partial charge in [-0.3, -0.25) is 0 Å². The summed E-state index contributed by atoms with van der Waals surface area (Å²) in [5, 5.41) is 3.55. The third kappa shape index (κ3) is 3.08. The average molecular weight is 259 g/mol. The van der Waals surface area contributed by atoms with Gasteiger partial charge < -0.3 is 10.2 Å². The van der Waals surface area contributed by atoms with E-state index in [0.717, 1.165) is 18.5 Å². The third-order valence-electron chi connectivity index (χ3n) is 4.44. The van der Waals surface area contributed by atoms with Gasteiger partial charge in [0.05, 0.1) is 0 Å².